The maximum absolute atomic E-state index is 13.1. The maximum atomic E-state index is 13.1. The monoisotopic (exact) mass is 382 g/mol. The molecule has 2 rings (SSSR count). The molecule has 1 fully saturated rings. The summed E-state index contributed by atoms with van der Waals surface area (Å²) in [5.74, 6) is -3.51. The molecule has 1 aromatic rings. The third kappa shape index (κ3) is 4.71. The molecule has 0 bridgehead atoms. The summed E-state index contributed by atoms with van der Waals surface area (Å²) >= 11 is 0. The quantitative estimate of drug-likeness (QED) is 0.792. The molecule has 1 aliphatic heterocycles. The van der Waals surface area contributed by atoms with Crippen molar-refractivity contribution in [3.63, 3.8) is 0 Å². The number of hydrogen-bond donors (Lipinski definition) is 1. The van der Waals surface area contributed by atoms with Crippen LogP contribution in [-0.2, 0) is 24.7 Å². The molecule has 24 heavy (non-hydrogen) atoms. The molecule has 1 heterocycles. The molecule has 0 aliphatic carbocycles. The molecule has 0 spiro atoms. The minimum atomic E-state index is -3.83. The van der Waals surface area contributed by atoms with E-state index >= 15 is 0 Å². The lowest BCUT2D eigenvalue weighted by atomic mass is 10.2. The molecule has 11 heteroatoms. The topological polar surface area (TPSA) is 101 Å². The Balaban J connectivity index is 2.12. The number of anilines is 1. The van der Waals surface area contributed by atoms with Crippen LogP contribution in [0.2, 0.25) is 0 Å². The summed E-state index contributed by atoms with van der Waals surface area (Å²) in [4.78, 5) is 12.0. The van der Waals surface area contributed by atoms with Gasteiger partial charge in [0.05, 0.1) is 24.3 Å². The van der Waals surface area contributed by atoms with E-state index < -0.39 is 50.0 Å². The fourth-order valence-electron chi connectivity index (χ4n) is 2.44. The lowest BCUT2D eigenvalue weighted by Gasteiger charge is -2.24. The van der Waals surface area contributed by atoms with Crippen molar-refractivity contribution in [2.75, 3.05) is 29.6 Å². The van der Waals surface area contributed by atoms with E-state index in [1.807, 2.05) is 0 Å². The molecule has 0 aromatic heterocycles. The van der Waals surface area contributed by atoms with Gasteiger partial charge in [-0.15, -0.1) is 0 Å². The second-order valence-corrected chi connectivity index (χ2v) is 9.71. The minimum absolute atomic E-state index is 0.0357. The van der Waals surface area contributed by atoms with E-state index in [9.17, 15) is 30.4 Å². The Morgan fingerprint density at radius 2 is 2.00 bits per heavy atom. The van der Waals surface area contributed by atoms with Crippen molar-refractivity contribution in [1.82, 2.24) is 4.31 Å². The van der Waals surface area contributed by atoms with Crippen molar-refractivity contribution in [3.8, 4) is 0 Å². The van der Waals surface area contributed by atoms with Gasteiger partial charge in [-0.25, -0.2) is 25.6 Å². The lowest BCUT2D eigenvalue weighted by Crippen LogP contribution is -2.44. The third-order valence-electron chi connectivity index (χ3n) is 3.54. The van der Waals surface area contributed by atoms with Crippen LogP contribution in [-0.4, -0.2) is 57.4 Å². The van der Waals surface area contributed by atoms with Crippen LogP contribution in [0.3, 0.4) is 0 Å². The average molecular weight is 382 g/mol. The van der Waals surface area contributed by atoms with Crippen molar-refractivity contribution in [3.05, 3.63) is 29.8 Å². The highest BCUT2D eigenvalue weighted by Crippen LogP contribution is 2.20. The Morgan fingerprint density at radius 3 is 2.50 bits per heavy atom. The zero-order valence-corrected chi connectivity index (χ0v) is 14.3. The Hall–Kier alpha value is -1.59. The molecule has 134 valence electrons. The van der Waals surface area contributed by atoms with Gasteiger partial charge in [0.1, 0.15) is 0 Å². The number of hydrogen-bond acceptors (Lipinski definition) is 5. The first-order valence-corrected chi connectivity index (χ1v) is 10.6. The summed E-state index contributed by atoms with van der Waals surface area (Å²) in [6.45, 7) is -0.613. The third-order valence-corrected chi connectivity index (χ3v) is 6.57. The van der Waals surface area contributed by atoms with Crippen molar-refractivity contribution in [2.24, 2.45) is 0 Å². The van der Waals surface area contributed by atoms with Gasteiger partial charge in [-0.3, -0.25) is 4.79 Å². The summed E-state index contributed by atoms with van der Waals surface area (Å²) in [6, 6.07) is 1.89. The number of carbonyl (C=O) groups is 1. The fourth-order valence-corrected chi connectivity index (χ4v) is 5.33. The summed E-state index contributed by atoms with van der Waals surface area (Å²) in [7, 11) is -7.16. The number of rotatable bonds is 5. The summed E-state index contributed by atoms with van der Waals surface area (Å²) < 4.78 is 73.5. The SMILES string of the molecule is CS(=O)(=O)N(CC(=O)Nc1ccc(F)c(F)c1)C1CCS(=O)(=O)C1. The van der Waals surface area contributed by atoms with Gasteiger partial charge in [-0.1, -0.05) is 0 Å². The number of sulfonamides is 1. The molecule has 0 radical (unpaired) electrons. The van der Waals surface area contributed by atoms with Crippen molar-refractivity contribution in [1.29, 1.82) is 0 Å². The van der Waals surface area contributed by atoms with Gasteiger partial charge >= 0.3 is 0 Å². The molecular formula is C13H16F2N2O5S2. The van der Waals surface area contributed by atoms with E-state index in [1.165, 1.54) is 0 Å². The van der Waals surface area contributed by atoms with Gasteiger partial charge in [-0.05, 0) is 18.6 Å². The highest BCUT2D eigenvalue weighted by atomic mass is 32.2. The first-order valence-electron chi connectivity index (χ1n) is 6.90. The molecule has 0 saturated carbocycles. The zero-order chi connectivity index (χ0) is 18.1. The highest BCUT2D eigenvalue weighted by Gasteiger charge is 2.37. The molecule has 1 N–H and O–H groups in total. The molecule has 1 aliphatic rings. The Bertz CT molecular complexity index is 855. The van der Waals surface area contributed by atoms with Crippen LogP contribution in [0.25, 0.3) is 0 Å². The predicted molar refractivity (Wildman–Crippen MR) is 83.6 cm³/mol. The van der Waals surface area contributed by atoms with E-state index in [-0.39, 0.29) is 23.6 Å². The summed E-state index contributed by atoms with van der Waals surface area (Å²) in [5.41, 5.74) is -0.0357. The Kier molecular flexibility index (Phi) is 5.25. The van der Waals surface area contributed by atoms with Gasteiger partial charge in [-0.2, -0.15) is 4.31 Å². The molecule has 1 amide bonds. The van der Waals surface area contributed by atoms with Gasteiger partial charge in [0, 0.05) is 17.8 Å². The van der Waals surface area contributed by atoms with Gasteiger partial charge in [0.25, 0.3) is 0 Å². The number of benzene rings is 1. The van der Waals surface area contributed by atoms with Crippen molar-refractivity contribution >= 4 is 31.5 Å². The van der Waals surface area contributed by atoms with E-state index in [1.54, 1.807) is 0 Å². The number of amides is 1. The van der Waals surface area contributed by atoms with Crippen LogP contribution in [0.15, 0.2) is 18.2 Å². The summed E-state index contributed by atoms with van der Waals surface area (Å²) in [6.07, 6.45) is 0.983. The zero-order valence-electron chi connectivity index (χ0n) is 12.7. The average Bonchev–Trinajstić information content (AvgIpc) is 2.79. The van der Waals surface area contributed by atoms with Gasteiger partial charge in [0.15, 0.2) is 21.5 Å². The minimum Gasteiger partial charge on any atom is -0.325 e. The van der Waals surface area contributed by atoms with Crippen molar-refractivity contribution in [2.45, 2.75) is 12.5 Å². The van der Waals surface area contributed by atoms with Gasteiger partial charge < -0.3 is 5.32 Å². The van der Waals surface area contributed by atoms with Crippen LogP contribution in [0.5, 0.6) is 0 Å². The van der Waals surface area contributed by atoms with E-state index in [0.717, 1.165) is 28.8 Å². The van der Waals surface area contributed by atoms with Crippen LogP contribution in [0.1, 0.15) is 6.42 Å². The number of nitrogens with zero attached hydrogens (tertiary/aromatic N) is 1. The normalized spacial score (nSPS) is 20.2. The van der Waals surface area contributed by atoms with Crippen molar-refractivity contribution < 1.29 is 30.4 Å². The number of carbonyl (C=O) groups excluding carboxylic acids is 1. The fraction of sp³-hybridized carbons (Fsp3) is 0.462. The Morgan fingerprint density at radius 1 is 1.33 bits per heavy atom. The lowest BCUT2D eigenvalue weighted by molar-refractivity contribution is -0.116. The maximum Gasteiger partial charge on any atom is 0.239 e. The van der Waals surface area contributed by atoms with E-state index in [4.69, 9.17) is 0 Å². The molecule has 7 nitrogen and oxygen atoms in total. The molecule has 1 saturated heterocycles. The van der Waals surface area contributed by atoms with Crippen LogP contribution in [0, 0.1) is 11.6 Å². The number of sulfone groups is 1. The standard InChI is InChI=1S/C13H16F2N2O5S2/c1-23(19,20)17(10-4-5-24(21,22)8-10)7-13(18)16-9-2-3-11(14)12(15)6-9/h2-3,6,10H,4-5,7-8H2,1H3,(H,16,18). The largest absolute Gasteiger partial charge is 0.325 e. The molecular weight excluding hydrogens is 366 g/mol. The predicted octanol–water partition coefficient (Wildman–Crippen LogP) is 0.352. The summed E-state index contributed by atoms with van der Waals surface area (Å²) in [5, 5.41) is 2.26. The Labute approximate surface area is 138 Å². The smallest absolute Gasteiger partial charge is 0.239 e. The first kappa shape index (κ1) is 18.7. The van der Waals surface area contributed by atoms with Crippen LogP contribution in [0.4, 0.5) is 14.5 Å². The van der Waals surface area contributed by atoms with E-state index in [2.05, 4.69) is 5.32 Å². The highest BCUT2D eigenvalue weighted by molar-refractivity contribution is 7.92. The van der Waals surface area contributed by atoms with Crippen LogP contribution >= 0.6 is 0 Å². The number of nitrogens with one attached hydrogen (secondary N) is 1. The number of halogens is 2. The second-order valence-electron chi connectivity index (χ2n) is 5.54. The molecule has 1 atom stereocenters. The second kappa shape index (κ2) is 6.73. The molecule has 1 aromatic carbocycles. The van der Waals surface area contributed by atoms with Crippen LogP contribution < -0.4 is 5.32 Å². The molecule has 1 unspecified atom stereocenters. The van der Waals surface area contributed by atoms with E-state index in [0.29, 0.717) is 0 Å². The first-order chi connectivity index (χ1) is 11.0. The van der Waals surface area contributed by atoms with Gasteiger partial charge in [0.2, 0.25) is 15.9 Å².